The number of nitrogens with two attached hydrogens (primary N) is 1. The summed E-state index contributed by atoms with van der Waals surface area (Å²) in [5, 5.41) is 10.3. The number of nitrogen functional groups attached to an aromatic ring is 1. The minimum absolute atomic E-state index is 0.0224. The molecule has 2 aromatic carbocycles. The van der Waals surface area contributed by atoms with E-state index in [4.69, 9.17) is 15.5 Å². The lowest BCUT2D eigenvalue weighted by Gasteiger charge is -2.11. The first-order valence-electron chi connectivity index (χ1n) is 10.7. The molecule has 0 spiro atoms. The van der Waals surface area contributed by atoms with Crippen LogP contribution in [0.3, 0.4) is 0 Å². The van der Waals surface area contributed by atoms with Crippen LogP contribution in [0, 0.1) is 0 Å². The standard InChI is InChI=1S/C23H27N5O4S/c1-32-15-12-20-27-21-22(18-6-2-3-7-19(18)26-23(21)24)28(20)14-5-4-13-25-33(30,31)17-10-8-16(29)9-11-17/h2-3,6-11,25,29H,4-5,12-15H2,1H3,(H2,24,26). The fourth-order valence-electron chi connectivity index (χ4n) is 3.84. The van der Waals surface area contributed by atoms with E-state index >= 15 is 0 Å². The summed E-state index contributed by atoms with van der Waals surface area (Å²) in [6, 6.07) is 13.3. The van der Waals surface area contributed by atoms with E-state index in [0.717, 1.165) is 28.7 Å². The maximum atomic E-state index is 12.4. The molecule has 10 heteroatoms. The zero-order valence-electron chi connectivity index (χ0n) is 18.4. The van der Waals surface area contributed by atoms with Crippen molar-refractivity contribution in [3.05, 3.63) is 54.4 Å². The highest BCUT2D eigenvalue weighted by Gasteiger charge is 2.17. The summed E-state index contributed by atoms with van der Waals surface area (Å²) in [6.45, 7) is 1.48. The van der Waals surface area contributed by atoms with Crippen LogP contribution in [0.1, 0.15) is 18.7 Å². The molecule has 4 aromatic rings. The number of hydrogen-bond donors (Lipinski definition) is 3. The molecule has 2 heterocycles. The molecule has 0 aliphatic carbocycles. The Morgan fingerprint density at radius 1 is 1.09 bits per heavy atom. The first-order chi connectivity index (χ1) is 15.9. The molecule has 33 heavy (non-hydrogen) atoms. The minimum Gasteiger partial charge on any atom is -0.508 e. The van der Waals surface area contributed by atoms with E-state index in [2.05, 4.69) is 14.3 Å². The summed E-state index contributed by atoms with van der Waals surface area (Å²) in [6.07, 6.45) is 2.01. The van der Waals surface area contributed by atoms with Gasteiger partial charge in [-0.3, -0.25) is 0 Å². The van der Waals surface area contributed by atoms with Crippen molar-refractivity contribution in [2.24, 2.45) is 0 Å². The van der Waals surface area contributed by atoms with Crippen molar-refractivity contribution in [3.63, 3.8) is 0 Å². The van der Waals surface area contributed by atoms with Gasteiger partial charge in [0.15, 0.2) is 5.82 Å². The highest BCUT2D eigenvalue weighted by atomic mass is 32.2. The van der Waals surface area contributed by atoms with Gasteiger partial charge in [0.05, 0.1) is 22.5 Å². The lowest BCUT2D eigenvalue weighted by Crippen LogP contribution is -2.25. The molecule has 0 bridgehead atoms. The molecule has 4 rings (SSSR count). The Morgan fingerprint density at radius 2 is 1.85 bits per heavy atom. The molecular weight excluding hydrogens is 442 g/mol. The Morgan fingerprint density at radius 3 is 2.61 bits per heavy atom. The predicted molar refractivity (Wildman–Crippen MR) is 128 cm³/mol. The topological polar surface area (TPSA) is 132 Å². The third-order valence-corrected chi connectivity index (χ3v) is 6.94. The van der Waals surface area contributed by atoms with E-state index < -0.39 is 10.0 Å². The molecule has 0 saturated heterocycles. The number of pyridine rings is 1. The first-order valence-corrected chi connectivity index (χ1v) is 12.2. The highest BCUT2D eigenvalue weighted by Crippen LogP contribution is 2.29. The Labute approximate surface area is 192 Å². The molecule has 9 nitrogen and oxygen atoms in total. The zero-order chi connectivity index (χ0) is 23.4. The van der Waals surface area contributed by atoms with Gasteiger partial charge in [0.25, 0.3) is 0 Å². The highest BCUT2D eigenvalue weighted by molar-refractivity contribution is 7.89. The number of nitrogens with zero attached hydrogens (tertiary/aromatic N) is 3. The maximum absolute atomic E-state index is 12.4. The van der Waals surface area contributed by atoms with Crippen LogP contribution in [-0.2, 0) is 27.7 Å². The summed E-state index contributed by atoms with van der Waals surface area (Å²) in [5.74, 6) is 1.28. The van der Waals surface area contributed by atoms with Crippen LogP contribution in [0.15, 0.2) is 53.4 Å². The van der Waals surface area contributed by atoms with Gasteiger partial charge in [0.1, 0.15) is 17.1 Å². The summed E-state index contributed by atoms with van der Waals surface area (Å²) in [7, 11) is -1.97. The average Bonchev–Trinajstić information content (AvgIpc) is 3.17. The van der Waals surface area contributed by atoms with E-state index in [1.807, 2.05) is 24.3 Å². The van der Waals surface area contributed by atoms with Crippen LogP contribution >= 0.6 is 0 Å². The normalized spacial score (nSPS) is 12.0. The number of para-hydroxylation sites is 1. The molecule has 0 fully saturated rings. The monoisotopic (exact) mass is 469 g/mol. The third-order valence-electron chi connectivity index (χ3n) is 5.47. The summed E-state index contributed by atoms with van der Waals surface area (Å²) in [5.41, 5.74) is 8.63. The Hall–Kier alpha value is -3.21. The van der Waals surface area contributed by atoms with Crippen LogP contribution in [0.2, 0.25) is 0 Å². The SMILES string of the molecule is COCCc1nc2c(N)nc3ccccc3c2n1CCCCNS(=O)(=O)c1ccc(O)cc1. The molecule has 0 amide bonds. The number of sulfonamides is 1. The van der Waals surface area contributed by atoms with E-state index in [0.29, 0.717) is 43.9 Å². The lowest BCUT2D eigenvalue weighted by atomic mass is 10.2. The van der Waals surface area contributed by atoms with E-state index in [1.165, 1.54) is 24.3 Å². The quantitative estimate of drug-likeness (QED) is 0.304. The smallest absolute Gasteiger partial charge is 0.240 e. The number of fused-ring (bicyclic) bond motifs is 3. The van der Waals surface area contributed by atoms with Gasteiger partial charge in [-0.2, -0.15) is 0 Å². The number of phenolic OH excluding ortho intramolecular Hbond substituents is 1. The number of anilines is 1. The number of aromatic nitrogens is 3. The van der Waals surface area contributed by atoms with Gasteiger partial charge < -0.3 is 20.1 Å². The van der Waals surface area contributed by atoms with Crippen LogP contribution in [0.25, 0.3) is 21.9 Å². The Balaban J connectivity index is 1.51. The Bertz CT molecular complexity index is 1370. The fourth-order valence-corrected chi connectivity index (χ4v) is 4.91. The van der Waals surface area contributed by atoms with Gasteiger partial charge in [-0.05, 0) is 43.2 Å². The second-order valence-corrected chi connectivity index (χ2v) is 9.50. The van der Waals surface area contributed by atoms with Crippen LogP contribution in [0.4, 0.5) is 5.82 Å². The van der Waals surface area contributed by atoms with Gasteiger partial charge in [-0.1, -0.05) is 18.2 Å². The number of aryl methyl sites for hydroxylation is 1. The van der Waals surface area contributed by atoms with Gasteiger partial charge >= 0.3 is 0 Å². The molecular formula is C23H27N5O4S. The van der Waals surface area contributed by atoms with Crippen LogP contribution in [-0.4, -0.2) is 48.3 Å². The molecule has 4 N–H and O–H groups in total. The van der Waals surface area contributed by atoms with Gasteiger partial charge in [0.2, 0.25) is 10.0 Å². The van der Waals surface area contributed by atoms with Crippen molar-refractivity contribution < 1.29 is 18.3 Å². The van der Waals surface area contributed by atoms with Gasteiger partial charge in [0, 0.05) is 32.0 Å². The number of unbranched alkanes of at least 4 members (excludes halogenated alkanes) is 1. The number of imidazole rings is 1. The number of hydrogen-bond acceptors (Lipinski definition) is 7. The number of rotatable bonds is 10. The maximum Gasteiger partial charge on any atom is 0.240 e. The summed E-state index contributed by atoms with van der Waals surface area (Å²) in [4.78, 5) is 9.36. The lowest BCUT2D eigenvalue weighted by molar-refractivity contribution is 0.199. The number of phenols is 1. The molecule has 0 radical (unpaired) electrons. The number of methoxy groups -OCH3 is 1. The van der Waals surface area contributed by atoms with Crippen molar-refractivity contribution in [1.82, 2.24) is 19.3 Å². The number of ether oxygens (including phenoxy) is 1. The number of benzene rings is 2. The molecule has 0 aliphatic heterocycles. The third kappa shape index (κ3) is 4.92. The van der Waals surface area contributed by atoms with Crippen molar-refractivity contribution in [2.45, 2.75) is 30.7 Å². The van der Waals surface area contributed by atoms with Crippen LogP contribution in [0.5, 0.6) is 5.75 Å². The van der Waals surface area contributed by atoms with Gasteiger partial charge in [-0.25, -0.2) is 23.1 Å². The summed E-state index contributed by atoms with van der Waals surface area (Å²) < 4.78 is 34.9. The molecule has 0 unspecified atom stereocenters. The fraction of sp³-hybridized carbons (Fsp3) is 0.304. The second-order valence-electron chi connectivity index (χ2n) is 7.73. The van der Waals surface area contributed by atoms with Crippen molar-refractivity contribution in [1.29, 1.82) is 0 Å². The molecule has 174 valence electrons. The number of nitrogens with one attached hydrogen (secondary N) is 1. The molecule has 2 aromatic heterocycles. The molecule has 0 aliphatic rings. The van der Waals surface area contributed by atoms with E-state index in [1.54, 1.807) is 7.11 Å². The van der Waals surface area contributed by atoms with E-state index in [9.17, 15) is 13.5 Å². The van der Waals surface area contributed by atoms with Crippen molar-refractivity contribution in [3.8, 4) is 5.75 Å². The average molecular weight is 470 g/mol. The molecule has 0 saturated carbocycles. The minimum atomic E-state index is -3.62. The molecule has 0 atom stereocenters. The first kappa shape index (κ1) is 23.0. The summed E-state index contributed by atoms with van der Waals surface area (Å²) >= 11 is 0. The largest absolute Gasteiger partial charge is 0.508 e. The van der Waals surface area contributed by atoms with E-state index in [-0.39, 0.29) is 10.6 Å². The zero-order valence-corrected chi connectivity index (χ0v) is 19.2. The van der Waals surface area contributed by atoms with Gasteiger partial charge in [-0.15, -0.1) is 0 Å². The predicted octanol–water partition coefficient (Wildman–Crippen LogP) is 2.82. The number of aromatic hydroxyl groups is 1. The van der Waals surface area contributed by atoms with Crippen molar-refractivity contribution >= 4 is 37.8 Å². The van der Waals surface area contributed by atoms with Crippen molar-refractivity contribution in [2.75, 3.05) is 26.0 Å². The second kappa shape index (κ2) is 9.74. The Kier molecular flexibility index (Phi) is 6.77. The van der Waals surface area contributed by atoms with Crippen LogP contribution < -0.4 is 10.5 Å².